The number of benzene rings is 2. The summed E-state index contributed by atoms with van der Waals surface area (Å²) in [6.07, 6.45) is 0.448. The molecule has 2 aromatic carbocycles. The second kappa shape index (κ2) is 10.7. The molecule has 3 atom stereocenters. The van der Waals surface area contributed by atoms with Crippen LogP contribution in [-0.4, -0.2) is 82.2 Å². The van der Waals surface area contributed by atoms with Crippen molar-refractivity contribution in [1.29, 1.82) is 0 Å². The molecule has 1 heterocycles. The van der Waals surface area contributed by atoms with Gasteiger partial charge < -0.3 is 14.7 Å². The highest BCUT2D eigenvalue weighted by Gasteiger charge is 2.34. The molecule has 36 heavy (non-hydrogen) atoms. The lowest BCUT2D eigenvalue weighted by molar-refractivity contribution is 0.0387. The van der Waals surface area contributed by atoms with E-state index in [4.69, 9.17) is 4.74 Å². The molecular formula is C23H30FN3O7S2. The van der Waals surface area contributed by atoms with E-state index in [-0.39, 0.29) is 47.5 Å². The van der Waals surface area contributed by atoms with Crippen LogP contribution < -0.4 is 9.46 Å². The van der Waals surface area contributed by atoms with Crippen LogP contribution in [0.2, 0.25) is 0 Å². The first-order valence-electron chi connectivity index (χ1n) is 11.1. The molecular weight excluding hydrogens is 513 g/mol. The van der Waals surface area contributed by atoms with Crippen LogP contribution in [0.15, 0.2) is 47.4 Å². The lowest BCUT2D eigenvalue weighted by Gasteiger charge is -2.38. The van der Waals surface area contributed by atoms with Crippen LogP contribution >= 0.6 is 0 Å². The third-order valence-corrected chi connectivity index (χ3v) is 8.72. The largest absolute Gasteiger partial charge is 0.488 e. The van der Waals surface area contributed by atoms with Gasteiger partial charge in [0.25, 0.3) is 15.9 Å². The Kier molecular flexibility index (Phi) is 8.28. The van der Waals surface area contributed by atoms with Gasteiger partial charge in [0.15, 0.2) is 0 Å². The van der Waals surface area contributed by atoms with Gasteiger partial charge in [-0.25, -0.2) is 25.5 Å². The Bertz CT molecular complexity index is 1320. The van der Waals surface area contributed by atoms with E-state index < -0.39 is 43.9 Å². The number of carbonyl (C=O) groups is 1. The van der Waals surface area contributed by atoms with Gasteiger partial charge in [-0.05, 0) is 49.4 Å². The lowest BCUT2D eigenvalue weighted by atomic mass is 9.99. The van der Waals surface area contributed by atoms with E-state index in [2.05, 4.69) is 4.72 Å². The number of rotatable bonds is 8. The minimum atomic E-state index is -4.07. The predicted molar refractivity (Wildman–Crippen MR) is 132 cm³/mol. The summed E-state index contributed by atoms with van der Waals surface area (Å²) in [5.41, 5.74) is 0.124. The van der Waals surface area contributed by atoms with Crippen molar-refractivity contribution < 1.29 is 35.9 Å². The summed E-state index contributed by atoms with van der Waals surface area (Å²) >= 11 is 0. The second-order valence-electron chi connectivity index (χ2n) is 8.94. The summed E-state index contributed by atoms with van der Waals surface area (Å²) in [7, 11) is -6.14. The summed E-state index contributed by atoms with van der Waals surface area (Å²) < 4.78 is 72.3. The summed E-state index contributed by atoms with van der Waals surface area (Å²) in [6.45, 7) is 3.38. The third kappa shape index (κ3) is 6.33. The number of carbonyl (C=O) groups excluding carboxylic acids is 1. The number of anilines is 1. The van der Waals surface area contributed by atoms with E-state index >= 15 is 0 Å². The summed E-state index contributed by atoms with van der Waals surface area (Å²) in [5.74, 6) is -1.20. The number of sulfonamides is 2. The number of aliphatic hydroxyl groups is 1. The molecule has 198 valence electrons. The fourth-order valence-corrected chi connectivity index (χ4v) is 5.19. The third-order valence-electron chi connectivity index (χ3n) is 6.04. The molecule has 10 nitrogen and oxygen atoms in total. The van der Waals surface area contributed by atoms with Gasteiger partial charge in [-0.1, -0.05) is 6.92 Å². The number of halogens is 1. The van der Waals surface area contributed by atoms with E-state index in [0.29, 0.717) is 0 Å². The van der Waals surface area contributed by atoms with E-state index in [1.807, 2.05) is 6.92 Å². The molecule has 0 spiro atoms. The Balaban J connectivity index is 2.01. The first-order valence-corrected chi connectivity index (χ1v) is 14.5. The highest BCUT2D eigenvalue weighted by molar-refractivity contribution is 7.92. The van der Waals surface area contributed by atoms with Crippen molar-refractivity contribution in [3.8, 4) is 5.75 Å². The molecule has 1 amide bonds. The SMILES string of the molecule is C[C@H]1CN([C@@H](C)CO)C(=O)c2cc(NS(=O)(=O)c3ccc(F)cc3)ccc2O[C@H]1CN(C)S(C)(=O)=O. The molecule has 3 rings (SSSR count). The number of hydrogen-bond acceptors (Lipinski definition) is 7. The van der Waals surface area contributed by atoms with Crippen molar-refractivity contribution in [3.63, 3.8) is 0 Å². The number of ether oxygens (including phenoxy) is 1. The predicted octanol–water partition coefficient (Wildman–Crippen LogP) is 1.74. The minimum absolute atomic E-state index is 0.0217. The molecule has 0 radical (unpaired) electrons. The van der Waals surface area contributed by atoms with Gasteiger partial charge in [0.05, 0.1) is 35.9 Å². The van der Waals surface area contributed by atoms with Crippen LogP contribution in [0, 0.1) is 11.7 Å². The maximum absolute atomic E-state index is 13.5. The van der Waals surface area contributed by atoms with Crippen LogP contribution in [0.3, 0.4) is 0 Å². The lowest BCUT2D eigenvalue weighted by Crippen LogP contribution is -2.50. The average molecular weight is 544 g/mol. The van der Waals surface area contributed by atoms with Gasteiger partial charge in [0.2, 0.25) is 10.0 Å². The molecule has 0 aliphatic carbocycles. The molecule has 0 aromatic heterocycles. The number of aliphatic hydroxyl groups excluding tert-OH is 1. The fraction of sp³-hybridized carbons (Fsp3) is 0.435. The molecule has 13 heteroatoms. The monoisotopic (exact) mass is 543 g/mol. The molecule has 1 aliphatic heterocycles. The minimum Gasteiger partial charge on any atom is -0.488 e. The van der Waals surface area contributed by atoms with Crippen molar-refractivity contribution in [2.45, 2.75) is 30.9 Å². The normalized spacial score (nSPS) is 19.8. The number of fused-ring (bicyclic) bond motifs is 1. The Labute approximate surface area is 210 Å². The topological polar surface area (TPSA) is 133 Å². The Hall–Kier alpha value is -2.74. The second-order valence-corrected chi connectivity index (χ2v) is 12.7. The first-order chi connectivity index (χ1) is 16.7. The molecule has 0 unspecified atom stereocenters. The smallest absolute Gasteiger partial charge is 0.261 e. The standard InChI is InChI=1S/C23H30FN3O7S2/c1-15-12-27(16(2)14-28)23(29)20-11-18(25-36(32,33)19-8-5-17(24)6-9-19)7-10-21(20)34-22(15)13-26(3)35(4,30)31/h5-11,15-16,22,25,28H,12-14H2,1-4H3/t15-,16-,22-/m0/s1. The van der Waals surface area contributed by atoms with Gasteiger partial charge in [-0.15, -0.1) is 0 Å². The Morgan fingerprint density at radius 2 is 1.83 bits per heavy atom. The van der Waals surface area contributed by atoms with Crippen LogP contribution in [-0.2, 0) is 20.0 Å². The van der Waals surface area contributed by atoms with Crippen molar-refractivity contribution in [2.75, 3.05) is 37.7 Å². The van der Waals surface area contributed by atoms with Crippen LogP contribution in [0.25, 0.3) is 0 Å². The zero-order valence-corrected chi connectivity index (χ0v) is 22.0. The maximum Gasteiger partial charge on any atom is 0.261 e. The quantitative estimate of drug-likeness (QED) is 0.518. The van der Waals surface area contributed by atoms with E-state index in [9.17, 15) is 31.1 Å². The van der Waals surface area contributed by atoms with Gasteiger partial charge in [0.1, 0.15) is 17.7 Å². The van der Waals surface area contributed by atoms with Gasteiger partial charge in [-0.3, -0.25) is 9.52 Å². The maximum atomic E-state index is 13.5. The summed E-state index contributed by atoms with van der Waals surface area (Å²) in [6, 6.07) is 7.90. The Morgan fingerprint density at radius 1 is 1.19 bits per heavy atom. The average Bonchev–Trinajstić information content (AvgIpc) is 2.80. The van der Waals surface area contributed by atoms with Crippen molar-refractivity contribution in [3.05, 3.63) is 53.8 Å². The van der Waals surface area contributed by atoms with E-state index in [1.165, 1.54) is 30.1 Å². The Morgan fingerprint density at radius 3 is 2.42 bits per heavy atom. The number of nitrogens with one attached hydrogen (secondary N) is 1. The van der Waals surface area contributed by atoms with Crippen LogP contribution in [0.1, 0.15) is 24.2 Å². The first kappa shape index (κ1) is 27.8. The molecule has 2 N–H and O–H groups in total. The zero-order chi connectivity index (χ0) is 26.8. The van der Waals surface area contributed by atoms with Crippen LogP contribution in [0.4, 0.5) is 10.1 Å². The van der Waals surface area contributed by atoms with Crippen molar-refractivity contribution >= 4 is 31.6 Å². The summed E-state index contributed by atoms with van der Waals surface area (Å²) in [4.78, 5) is 14.8. The van der Waals surface area contributed by atoms with Gasteiger partial charge in [0, 0.05) is 25.2 Å². The molecule has 0 bridgehead atoms. The highest BCUT2D eigenvalue weighted by atomic mass is 32.2. The van der Waals surface area contributed by atoms with Gasteiger partial charge in [-0.2, -0.15) is 0 Å². The number of likely N-dealkylation sites (N-methyl/N-ethyl adjacent to an activating group) is 1. The molecule has 0 saturated heterocycles. The van der Waals surface area contributed by atoms with Crippen molar-refractivity contribution in [1.82, 2.24) is 9.21 Å². The molecule has 2 aromatic rings. The number of amides is 1. The van der Waals surface area contributed by atoms with Gasteiger partial charge >= 0.3 is 0 Å². The van der Waals surface area contributed by atoms with E-state index in [0.717, 1.165) is 34.8 Å². The number of hydrogen-bond donors (Lipinski definition) is 2. The fourth-order valence-electron chi connectivity index (χ4n) is 3.72. The molecule has 1 aliphatic rings. The molecule has 0 saturated carbocycles. The molecule has 0 fully saturated rings. The van der Waals surface area contributed by atoms with Crippen molar-refractivity contribution in [2.24, 2.45) is 5.92 Å². The summed E-state index contributed by atoms with van der Waals surface area (Å²) in [5, 5.41) is 9.74. The van der Waals surface area contributed by atoms with E-state index in [1.54, 1.807) is 6.92 Å². The zero-order valence-electron chi connectivity index (χ0n) is 20.4. The highest BCUT2D eigenvalue weighted by Crippen LogP contribution is 2.31. The van der Waals surface area contributed by atoms with Crippen LogP contribution in [0.5, 0.6) is 5.75 Å². The number of nitrogens with zero attached hydrogens (tertiary/aromatic N) is 2.